The van der Waals surface area contributed by atoms with Gasteiger partial charge in [0.25, 0.3) is 0 Å². The van der Waals surface area contributed by atoms with E-state index in [2.05, 4.69) is 202 Å². The summed E-state index contributed by atoms with van der Waals surface area (Å²) in [6.07, 6.45) is 6.46. The summed E-state index contributed by atoms with van der Waals surface area (Å²) >= 11 is 0. The summed E-state index contributed by atoms with van der Waals surface area (Å²) < 4.78 is 0. The predicted molar refractivity (Wildman–Crippen MR) is 203 cm³/mol. The Bertz CT molecular complexity index is 2180. The summed E-state index contributed by atoms with van der Waals surface area (Å²) in [6, 6.07) is 55.5. The number of fused-ring (bicyclic) bond motifs is 4. The molecule has 48 heavy (non-hydrogen) atoms. The van der Waals surface area contributed by atoms with Gasteiger partial charge in [0.05, 0.1) is 5.41 Å². The summed E-state index contributed by atoms with van der Waals surface area (Å²) in [5.74, 6) is 0. The van der Waals surface area contributed by atoms with Crippen molar-refractivity contribution in [3.05, 3.63) is 215 Å². The molecule has 0 N–H and O–H groups in total. The van der Waals surface area contributed by atoms with Crippen LogP contribution in [0.4, 0.5) is 17.1 Å². The van der Waals surface area contributed by atoms with Gasteiger partial charge in [-0.05, 0) is 99.0 Å². The van der Waals surface area contributed by atoms with Crippen LogP contribution in [0.3, 0.4) is 0 Å². The van der Waals surface area contributed by atoms with Crippen molar-refractivity contribution >= 4 is 22.6 Å². The van der Waals surface area contributed by atoms with Crippen LogP contribution in [0.15, 0.2) is 182 Å². The Kier molecular flexibility index (Phi) is 7.15. The van der Waals surface area contributed by atoms with Crippen molar-refractivity contribution in [2.45, 2.75) is 31.6 Å². The van der Waals surface area contributed by atoms with Crippen LogP contribution in [-0.2, 0) is 10.8 Å². The average Bonchev–Trinajstić information content (AvgIpc) is 3.54. The molecule has 2 aliphatic carbocycles. The van der Waals surface area contributed by atoms with Gasteiger partial charge in [0.2, 0.25) is 0 Å². The lowest BCUT2D eigenvalue weighted by molar-refractivity contribution is 0.660. The van der Waals surface area contributed by atoms with Gasteiger partial charge in [-0.15, -0.1) is 0 Å². The first-order valence-corrected chi connectivity index (χ1v) is 16.9. The molecule has 0 saturated carbocycles. The van der Waals surface area contributed by atoms with Crippen molar-refractivity contribution in [2.24, 2.45) is 0 Å². The number of hydrogen-bond acceptors (Lipinski definition) is 1. The van der Waals surface area contributed by atoms with E-state index in [1.165, 1.54) is 55.7 Å². The third-order valence-electron chi connectivity index (χ3n) is 10.4. The zero-order valence-corrected chi connectivity index (χ0v) is 27.8. The molecule has 0 saturated heterocycles. The zero-order chi connectivity index (χ0) is 32.9. The molecular formula is C47H39N. The smallest absolute Gasteiger partial charge is 0.0714 e. The topological polar surface area (TPSA) is 3.24 Å². The van der Waals surface area contributed by atoms with Crippen LogP contribution in [0.2, 0.25) is 0 Å². The van der Waals surface area contributed by atoms with Gasteiger partial charge < -0.3 is 4.90 Å². The van der Waals surface area contributed by atoms with E-state index in [9.17, 15) is 0 Å². The lowest BCUT2D eigenvalue weighted by Gasteiger charge is -2.36. The van der Waals surface area contributed by atoms with E-state index in [1.54, 1.807) is 0 Å². The molecule has 0 aromatic heterocycles. The van der Waals surface area contributed by atoms with E-state index in [4.69, 9.17) is 0 Å². The minimum absolute atomic E-state index is 0.0951. The Morgan fingerprint density at radius 1 is 0.521 bits per heavy atom. The molecule has 0 radical (unpaired) electrons. The normalized spacial score (nSPS) is 15.2. The van der Waals surface area contributed by atoms with E-state index in [-0.39, 0.29) is 5.41 Å². The van der Waals surface area contributed by atoms with Crippen molar-refractivity contribution in [3.8, 4) is 11.1 Å². The first-order valence-electron chi connectivity index (χ1n) is 16.9. The van der Waals surface area contributed by atoms with Gasteiger partial charge >= 0.3 is 0 Å². The highest BCUT2D eigenvalue weighted by Gasteiger charge is 2.46. The lowest BCUT2D eigenvalue weighted by Crippen LogP contribution is -2.29. The number of nitrogens with zero attached hydrogens (tertiary/aromatic N) is 1. The average molecular weight is 618 g/mol. The largest absolute Gasteiger partial charge is 0.310 e. The molecule has 8 rings (SSSR count). The first kappa shape index (κ1) is 29.7. The number of benzene rings is 6. The molecule has 2 aliphatic rings. The lowest BCUT2D eigenvalue weighted by atomic mass is 9.66. The molecule has 1 heteroatoms. The molecule has 1 nitrogen and oxygen atoms in total. The second kappa shape index (κ2) is 11.5. The molecule has 0 unspecified atom stereocenters. The Labute approximate surface area is 284 Å². The fourth-order valence-electron chi connectivity index (χ4n) is 8.34. The molecule has 0 fully saturated rings. The molecule has 232 valence electrons. The SMILES string of the molecule is C=CC1=C(/C=C\C)c2ccc(N(c3ccccc3)c3ccc4c(c3)C(C)(C)c3ccccc3-4)cc2C1(c1ccccc1)c1ccccc1. The van der Waals surface area contributed by atoms with E-state index >= 15 is 0 Å². The number of anilines is 3. The maximum Gasteiger partial charge on any atom is 0.0714 e. The van der Waals surface area contributed by atoms with Crippen LogP contribution in [0, 0.1) is 0 Å². The van der Waals surface area contributed by atoms with Crippen LogP contribution >= 0.6 is 0 Å². The molecule has 0 amide bonds. The van der Waals surface area contributed by atoms with Crippen LogP contribution in [0.1, 0.15) is 54.2 Å². The van der Waals surface area contributed by atoms with Crippen molar-refractivity contribution in [1.29, 1.82) is 0 Å². The van der Waals surface area contributed by atoms with E-state index in [0.29, 0.717) is 0 Å². The molecule has 0 atom stereocenters. The quantitative estimate of drug-likeness (QED) is 0.172. The van der Waals surface area contributed by atoms with Gasteiger partial charge in [-0.3, -0.25) is 0 Å². The van der Waals surface area contributed by atoms with Gasteiger partial charge in [0.15, 0.2) is 0 Å². The highest BCUT2D eigenvalue weighted by molar-refractivity contribution is 5.94. The summed E-state index contributed by atoms with van der Waals surface area (Å²) in [4.78, 5) is 2.42. The number of hydrogen-bond donors (Lipinski definition) is 0. The fourth-order valence-corrected chi connectivity index (χ4v) is 8.34. The summed E-state index contributed by atoms with van der Waals surface area (Å²) in [5.41, 5.74) is 15.5. The molecular weight excluding hydrogens is 579 g/mol. The molecule has 0 heterocycles. The van der Waals surface area contributed by atoms with Gasteiger partial charge in [0.1, 0.15) is 0 Å². The maximum absolute atomic E-state index is 4.42. The third-order valence-corrected chi connectivity index (χ3v) is 10.4. The highest BCUT2D eigenvalue weighted by atomic mass is 15.1. The molecule has 6 aromatic rings. The monoisotopic (exact) mass is 617 g/mol. The second-order valence-electron chi connectivity index (χ2n) is 13.3. The first-order chi connectivity index (χ1) is 23.5. The predicted octanol–water partition coefficient (Wildman–Crippen LogP) is 12.3. The van der Waals surface area contributed by atoms with Crippen LogP contribution in [-0.4, -0.2) is 0 Å². The number of rotatable bonds is 7. The highest BCUT2D eigenvalue weighted by Crippen LogP contribution is 2.57. The Balaban J connectivity index is 1.40. The molecule has 0 spiro atoms. The van der Waals surface area contributed by atoms with Crippen LogP contribution < -0.4 is 4.90 Å². The third kappa shape index (κ3) is 4.31. The van der Waals surface area contributed by atoms with E-state index in [0.717, 1.165) is 17.1 Å². The maximum atomic E-state index is 4.42. The van der Waals surface area contributed by atoms with Crippen LogP contribution in [0.25, 0.3) is 16.7 Å². The van der Waals surface area contributed by atoms with Crippen LogP contribution in [0.5, 0.6) is 0 Å². The van der Waals surface area contributed by atoms with Gasteiger partial charge in [0, 0.05) is 22.5 Å². The minimum atomic E-state index is -0.533. The Hall–Kier alpha value is -5.66. The van der Waals surface area contributed by atoms with Gasteiger partial charge in [-0.25, -0.2) is 0 Å². The molecule has 6 aromatic carbocycles. The van der Waals surface area contributed by atoms with Crippen molar-refractivity contribution in [2.75, 3.05) is 4.90 Å². The fraction of sp³-hybridized carbons (Fsp3) is 0.106. The standard InChI is InChI=1S/C47H39N/c1-5-18-38-41-30-28-37(32-45(41)47(42(38)6-2,33-19-10-7-11-20-33)34-21-12-8-13-22-34)48(35-23-14-9-15-24-35)36-27-29-40-39-25-16-17-26-43(39)46(3,4)44(40)31-36/h5-32H,2H2,1,3-4H3/b18-5-. The van der Waals surface area contributed by atoms with Gasteiger partial charge in [-0.2, -0.15) is 0 Å². The van der Waals surface area contributed by atoms with E-state index < -0.39 is 5.41 Å². The molecule has 0 aliphatic heterocycles. The zero-order valence-electron chi connectivity index (χ0n) is 27.8. The van der Waals surface area contributed by atoms with Crippen molar-refractivity contribution < 1.29 is 0 Å². The summed E-state index contributed by atoms with van der Waals surface area (Å²) in [7, 11) is 0. The number of para-hydroxylation sites is 1. The van der Waals surface area contributed by atoms with E-state index in [1.807, 2.05) is 0 Å². The summed E-state index contributed by atoms with van der Waals surface area (Å²) in [5, 5.41) is 0. The Morgan fingerprint density at radius 3 is 1.65 bits per heavy atom. The van der Waals surface area contributed by atoms with Gasteiger partial charge in [-0.1, -0.05) is 154 Å². The van der Waals surface area contributed by atoms with Crippen molar-refractivity contribution in [3.63, 3.8) is 0 Å². The Morgan fingerprint density at radius 2 is 1.04 bits per heavy atom. The second-order valence-corrected chi connectivity index (χ2v) is 13.3. The molecule has 0 bridgehead atoms. The number of allylic oxidation sites excluding steroid dienone is 5. The minimum Gasteiger partial charge on any atom is -0.310 e. The van der Waals surface area contributed by atoms with Crippen molar-refractivity contribution in [1.82, 2.24) is 0 Å². The summed E-state index contributed by atoms with van der Waals surface area (Å²) in [6.45, 7) is 11.2.